The van der Waals surface area contributed by atoms with Crippen LogP contribution < -0.4 is 14.8 Å². The van der Waals surface area contributed by atoms with E-state index in [1.807, 2.05) is 12.1 Å². The van der Waals surface area contributed by atoms with Gasteiger partial charge in [-0.25, -0.2) is 4.98 Å². The monoisotopic (exact) mass is 329 g/mol. The molecule has 3 rings (SSSR count). The summed E-state index contributed by atoms with van der Waals surface area (Å²) < 4.78 is 23.7. The molecule has 0 amide bonds. The van der Waals surface area contributed by atoms with Gasteiger partial charge in [0.05, 0.1) is 19.7 Å². The lowest BCUT2D eigenvalue weighted by Crippen LogP contribution is -2.05. The van der Waals surface area contributed by atoms with Gasteiger partial charge in [0.15, 0.2) is 0 Å². The highest BCUT2D eigenvalue weighted by Gasteiger charge is 2.09. The number of hydrogen-bond acceptors (Lipinski definition) is 4. The second-order valence-corrected chi connectivity index (χ2v) is 5.46. The predicted octanol–water partition coefficient (Wildman–Crippen LogP) is 3.76. The van der Waals surface area contributed by atoms with E-state index >= 15 is 0 Å². The average Bonchev–Trinajstić information content (AvgIpc) is 3.00. The number of pyridine rings is 1. The third-order valence-electron chi connectivity index (χ3n) is 3.83. The van der Waals surface area contributed by atoms with Crippen LogP contribution in [0.15, 0.2) is 36.4 Å². The van der Waals surface area contributed by atoms with Gasteiger partial charge in [0.25, 0.3) is 0 Å². The molecule has 0 aliphatic carbocycles. The molecule has 0 spiro atoms. The lowest BCUT2D eigenvalue weighted by molar-refractivity contribution is 0.398. The summed E-state index contributed by atoms with van der Waals surface area (Å²) in [4.78, 5) is 7.17. The number of anilines is 1. The summed E-state index contributed by atoms with van der Waals surface area (Å²) in [6.07, 6.45) is 1.76. The molecule has 0 aliphatic heterocycles. The standard InChI is InChI=1S/C18H20FN3O2/c1-23-13-10-15-14(16(11-13)24-2)9-12(21-15)5-4-8-20-18-7-3-6-17(19)22-18/h3,6-7,9-11,21H,4-5,8H2,1-2H3,(H,20,22). The maximum atomic E-state index is 13.0. The number of benzene rings is 1. The molecule has 0 atom stereocenters. The van der Waals surface area contributed by atoms with E-state index in [0.29, 0.717) is 12.4 Å². The molecule has 3 aromatic rings. The molecule has 0 radical (unpaired) electrons. The van der Waals surface area contributed by atoms with Crippen LogP contribution in [0.2, 0.25) is 0 Å². The Labute approximate surface area is 139 Å². The smallest absolute Gasteiger partial charge is 0.214 e. The zero-order valence-corrected chi connectivity index (χ0v) is 13.7. The molecule has 0 aliphatic rings. The molecule has 0 fully saturated rings. The Bertz CT molecular complexity index is 832. The van der Waals surface area contributed by atoms with E-state index in [9.17, 15) is 4.39 Å². The number of aromatic nitrogens is 2. The van der Waals surface area contributed by atoms with E-state index in [-0.39, 0.29) is 0 Å². The fraction of sp³-hybridized carbons (Fsp3) is 0.278. The predicted molar refractivity (Wildman–Crippen MR) is 92.4 cm³/mol. The Morgan fingerprint density at radius 1 is 1.17 bits per heavy atom. The molecule has 0 unspecified atom stereocenters. The van der Waals surface area contributed by atoms with Crippen LogP contribution >= 0.6 is 0 Å². The number of halogens is 1. The first-order valence-corrected chi connectivity index (χ1v) is 7.79. The van der Waals surface area contributed by atoms with Crippen molar-refractivity contribution in [2.45, 2.75) is 12.8 Å². The summed E-state index contributed by atoms with van der Waals surface area (Å²) >= 11 is 0. The maximum absolute atomic E-state index is 13.0. The van der Waals surface area contributed by atoms with Gasteiger partial charge in [0.2, 0.25) is 5.95 Å². The van der Waals surface area contributed by atoms with E-state index < -0.39 is 5.95 Å². The van der Waals surface area contributed by atoms with Crippen LogP contribution in [0, 0.1) is 5.95 Å². The van der Waals surface area contributed by atoms with Crippen molar-refractivity contribution in [3.8, 4) is 11.5 Å². The highest BCUT2D eigenvalue weighted by atomic mass is 19.1. The van der Waals surface area contributed by atoms with Crippen molar-refractivity contribution in [1.29, 1.82) is 0 Å². The van der Waals surface area contributed by atoms with E-state index in [2.05, 4.69) is 21.4 Å². The molecule has 2 aromatic heterocycles. The summed E-state index contributed by atoms with van der Waals surface area (Å²) in [5.41, 5.74) is 2.10. The van der Waals surface area contributed by atoms with Crippen molar-refractivity contribution in [2.75, 3.05) is 26.1 Å². The second kappa shape index (κ2) is 7.21. The van der Waals surface area contributed by atoms with E-state index in [4.69, 9.17) is 9.47 Å². The van der Waals surface area contributed by atoms with Crippen LogP contribution in [0.4, 0.5) is 10.2 Å². The number of hydrogen-bond donors (Lipinski definition) is 2. The number of methoxy groups -OCH3 is 2. The molecule has 0 bridgehead atoms. The van der Waals surface area contributed by atoms with Crippen molar-refractivity contribution in [3.63, 3.8) is 0 Å². The Balaban J connectivity index is 1.63. The lowest BCUT2D eigenvalue weighted by Gasteiger charge is -2.04. The van der Waals surface area contributed by atoms with Crippen LogP contribution in [-0.4, -0.2) is 30.7 Å². The molecule has 2 heterocycles. The summed E-state index contributed by atoms with van der Waals surface area (Å²) in [7, 11) is 3.29. The Morgan fingerprint density at radius 2 is 2.04 bits per heavy atom. The number of H-pyrrole nitrogens is 1. The molecular weight excluding hydrogens is 309 g/mol. The minimum absolute atomic E-state index is 0.475. The number of aromatic amines is 1. The first kappa shape index (κ1) is 16.1. The van der Waals surface area contributed by atoms with Gasteiger partial charge in [-0.3, -0.25) is 0 Å². The van der Waals surface area contributed by atoms with Crippen LogP contribution in [0.5, 0.6) is 11.5 Å². The van der Waals surface area contributed by atoms with Crippen LogP contribution in [-0.2, 0) is 6.42 Å². The minimum atomic E-state index is -0.475. The molecule has 5 nitrogen and oxygen atoms in total. The zero-order valence-electron chi connectivity index (χ0n) is 13.7. The highest BCUT2D eigenvalue weighted by Crippen LogP contribution is 2.31. The van der Waals surface area contributed by atoms with Crippen molar-refractivity contribution in [3.05, 3.63) is 48.0 Å². The number of ether oxygens (including phenoxy) is 2. The van der Waals surface area contributed by atoms with Gasteiger partial charge in [0, 0.05) is 29.8 Å². The highest BCUT2D eigenvalue weighted by molar-refractivity contribution is 5.88. The number of rotatable bonds is 7. The lowest BCUT2D eigenvalue weighted by atomic mass is 10.2. The molecular formula is C18H20FN3O2. The van der Waals surface area contributed by atoms with Crippen molar-refractivity contribution in [1.82, 2.24) is 9.97 Å². The van der Waals surface area contributed by atoms with E-state index in [1.165, 1.54) is 6.07 Å². The van der Waals surface area contributed by atoms with E-state index in [0.717, 1.165) is 40.9 Å². The molecule has 0 saturated heterocycles. The fourth-order valence-electron chi connectivity index (χ4n) is 2.66. The topological polar surface area (TPSA) is 59.2 Å². The zero-order chi connectivity index (χ0) is 16.9. The SMILES string of the molecule is COc1cc(OC)c2cc(CCCNc3cccc(F)n3)[nH]c2c1. The molecule has 126 valence electrons. The van der Waals surface area contributed by atoms with Crippen LogP contribution in [0.1, 0.15) is 12.1 Å². The molecule has 6 heteroatoms. The Hall–Kier alpha value is -2.76. The van der Waals surface area contributed by atoms with Crippen molar-refractivity contribution in [2.24, 2.45) is 0 Å². The number of aryl methyl sites for hydroxylation is 1. The van der Waals surface area contributed by atoms with Gasteiger partial charge in [0.1, 0.15) is 17.3 Å². The van der Waals surface area contributed by atoms with Crippen LogP contribution in [0.25, 0.3) is 10.9 Å². The third kappa shape index (κ3) is 3.59. The quantitative estimate of drug-likeness (QED) is 0.512. The van der Waals surface area contributed by atoms with Crippen molar-refractivity contribution < 1.29 is 13.9 Å². The number of nitrogens with zero attached hydrogens (tertiary/aromatic N) is 1. The van der Waals surface area contributed by atoms with Gasteiger partial charge in [-0.2, -0.15) is 4.39 Å². The second-order valence-electron chi connectivity index (χ2n) is 5.46. The van der Waals surface area contributed by atoms with E-state index in [1.54, 1.807) is 26.4 Å². The normalized spacial score (nSPS) is 10.8. The molecule has 24 heavy (non-hydrogen) atoms. The van der Waals surface area contributed by atoms with Gasteiger partial charge < -0.3 is 19.8 Å². The minimum Gasteiger partial charge on any atom is -0.497 e. The van der Waals surface area contributed by atoms with Crippen molar-refractivity contribution >= 4 is 16.7 Å². The average molecular weight is 329 g/mol. The van der Waals surface area contributed by atoms with Gasteiger partial charge >= 0.3 is 0 Å². The first-order chi connectivity index (χ1) is 11.7. The number of nitrogens with one attached hydrogen (secondary N) is 2. The molecule has 1 aromatic carbocycles. The molecule has 0 saturated carbocycles. The largest absolute Gasteiger partial charge is 0.497 e. The van der Waals surface area contributed by atoms with Gasteiger partial charge in [-0.15, -0.1) is 0 Å². The van der Waals surface area contributed by atoms with Gasteiger partial charge in [-0.05, 0) is 31.0 Å². The summed E-state index contributed by atoms with van der Waals surface area (Å²) in [6, 6.07) is 10.6. The van der Waals surface area contributed by atoms with Crippen LogP contribution in [0.3, 0.4) is 0 Å². The summed E-state index contributed by atoms with van der Waals surface area (Å²) in [5.74, 6) is 1.62. The Kier molecular flexibility index (Phi) is 4.84. The third-order valence-corrected chi connectivity index (χ3v) is 3.83. The fourth-order valence-corrected chi connectivity index (χ4v) is 2.66. The maximum Gasteiger partial charge on any atom is 0.214 e. The summed E-state index contributed by atoms with van der Waals surface area (Å²) in [5, 5.41) is 4.16. The number of fused-ring (bicyclic) bond motifs is 1. The molecule has 2 N–H and O–H groups in total. The first-order valence-electron chi connectivity index (χ1n) is 7.79. The summed E-state index contributed by atoms with van der Waals surface area (Å²) in [6.45, 7) is 0.715. The van der Waals surface area contributed by atoms with Gasteiger partial charge in [-0.1, -0.05) is 6.07 Å². The Morgan fingerprint density at radius 3 is 2.79 bits per heavy atom.